The largest absolute Gasteiger partial charge is 0.485 e. The number of hydrogen-bond donors (Lipinski definition) is 1. The maximum absolute atomic E-state index is 13.7. The van der Waals surface area contributed by atoms with Gasteiger partial charge in [-0.3, -0.25) is 4.79 Å². The molecule has 2 aliphatic rings. The van der Waals surface area contributed by atoms with Crippen molar-refractivity contribution in [2.45, 2.75) is 25.0 Å². The SMILES string of the molecule is O=C(C1COc2ccccc2O1)N1CCC(Nc2ncccc2F)CC1. The zero-order chi connectivity index (χ0) is 17.9. The maximum Gasteiger partial charge on any atom is 0.267 e. The highest BCUT2D eigenvalue weighted by Crippen LogP contribution is 2.31. The third-order valence-corrected chi connectivity index (χ3v) is 4.69. The van der Waals surface area contributed by atoms with E-state index in [2.05, 4.69) is 10.3 Å². The van der Waals surface area contributed by atoms with Gasteiger partial charge in [0, 0.05) is 25.3 Å². The van der Waals surface area contributed by atoms with Gasteiger partial charge >= 0.3 is 0 Å². The van der Waals surface area contributed by atoms with E-state index in [-0.39, 0.29) is 30.2 Å². The van der Waals surface area contributed by atoms with E-state index in [9.17, 15) is 9.18 Å². The van der Waals surface area contributed by atoms with Crippen LogP contribution in [-0.2, 0) is 4.79 Å². The van der Waals surface area contributed by atoms with Gasteiger partial charge in [0.25, 0.3) is 5.91 Å². The smallest absolute Gasteiger partial charge is 0.267 e. The van der Waals surface area contributed by atoms with Crippen molar-refractivity contribution in [3.05, 3.63) is 48.4 Å². The molecule has 6 nitrogen and oxygen atoms in total. The average molecular weight is 357 g/mol. The fourth-order valence-corrected chi connectivity index (χ4v) is 3.27. The van der Waals surface area contributed by atoms with Gasteiger partial charge < -0.3 is 19.7 Å². The van der Waals surface area contributed by atoms with Gasteiger partial charge in [-0.2, -0.15) is 0 Å². The van der Waals surface area contributed by atoms with Gasteiger partial charge in [0.2, 0.25) is 6.10 Å². The lowest BCUT2D eigenvalue weighted by molar-refractivity contribution is -0.142. The van der Waals surface area contributed by atoms with Crippen LogP contribution in [0.3, 0.4) is 0 Å². The van der Waals surface area contributed by atoms with E-state index >= 15 is 0 Å². The topological polar surface area (TPSA) is 63.7 Å². The molecule has 0 aliphatic carbocycles. The molecule has 1 unspecified atom stereocenters. The van der Waals surface area contributed by atoms with Crippen LogP contribution >= 0.6 is 0 Å². The molecule has 1 fully saturated rings. The van der Waals surface area contributed by atoms with Crippen molar-refractivity contribution in [2.75, 3.05) is 25.0 Å². The van der Waals surface area contributed by atoms with Crippen molar-refractivity contribution in [2.24, 2.45) is 0 Å². The number of fused-ring (bicyclic) bond motifs is 1. The number of ether oxygens (including phenoxy) is 2. The molecule has 0 saturated carbocycles. The van der Waals surface area contributed by atoms with Crippen molar-refractivity contribution in [3.8, 4) is 11.5 Å². The Morgan fingerprint density at radius 3 is 2.69 bits per heavy atom. The summed E-state index contributed by atoms with van der Waals surface area (Å²) in [4.78, 5) is 18.5. The molecule has 0 spiro atoms. The Kier molecular flexibility index (Phi) is 4.60. The third-order valence-electron chi connectivity index (χ3n) is 4.69. The number of carbonyl (C=O) groups is 1. The van der Waals surface area contributed by atoms with Gasteiger partial charge in [0.1, 0.15) is 6.61 Å². The van der Waals surface area contributed by atoms with Crippen LogP contribution in [0.5, 0.6) is 11.5 Å². The zero-order valence-electron chi connectivity index (χ0n) is 14.2. The lowest BCUT2D eigenvalue weighted by Gasteiger charge is -2.35. The maximum atomic E-state index is 13.7. The molecule has 1 saturated heterocycles. The van der Waals surface area contributed by atoms with Crippen molar-refractivity contribution < 1.29 is 18.7 Å². The summed E-state index contributed by atoms with van der Waals surface area (Å²) in [6, 6.07) is 10.4. The summed E-state index contributed by atoms with van der Waals surface area (Å²) in [5, 5.41) is 3.12. The number of likely N-dealkylation sites (tertiary alicyclic amines) is 1. The average Bonchev–Trinajstić information content (AvgIpc) is 2.69. The number of anilines is 1. The van der Waals surface area contributed by atoms with E-state index in [0.717, 1.165) is 12.8 Å². The summed E-state index contributed by atoms with van der Waals surface area (Å²) in [5.74, 6) is 1.09. The molecule has 2 aromatic rings. The molecule has 1 aromatic heterocycles. The number of hydrogen-bond acceptors (Lipinski definition) is 5. The molecule has 3 heterocycles. The van der Waals surface area contributed by atoms with Gasteiger partial charge in [-0.05, 0) is 37.1 Å². The lowest BCUT2D eigenvalue weighted by Crippen LogP contribution is -2.50. The minimum absolute atomic E-state index is 0.0676. The lowest BCUT2D eigenvalue weighted by atomic mass is 10.0. The van der Waals surface area contributed by atoms with Crippen molar-refractivity contribution in [3.63, 3.8) is 0 Å². The molecule has 4 rings (SSSR count). The Bertz CT molecular complexity index is 793. The summed E-state index contributed by atoms with van der Waals surface area (Å²) in [6.45, 7) is 1.39. The summed E-state index contributed by atoms with van der Waals surface area (Å²) < 4.78 is 25.1. The van der Waals surface area contributed by atoms with Crippen LogP contribution in [0.15, 0.2) is 42.6 Å². The highest BCUT2D eigenvalue weighted by atomic mass is 19.1. The number of carbonyl (C=O) groups excluding carboxylic acids is 1. The number of rotatable bonds is 3. The van der Waals surface area contributed by atoms with Gasteiger partial charge in [-0.25, -0.2) is 9.37 Å². The number of aromatic nitrogens is 1. The quantitative estimate of drug-likeness (QED) is 0.914. The van der Waals surface area contributed by atoms with Crippen molar-refractivity contribution in [1.29, 1.82) is 0 Å². The van der Waals surface area contributed by atoms with Gasteiger partial charge in [0.05, 0.1) is 0 Å². The van der Waals surface area contributed by atoms with Gasteiger partial charge in [-0.1, -0.05) is 12.1 Å². The van der Waals surface area contributed by atoms with Crippen molar-refractivity contribution >= 4 is 11.7 Å². The first-order valence-corrected chi connectivity index (χ1v) is 8.75. The summed E-state index contributed by atoms with van der Waals surface area (Å²) >= 11 is 0. The van der Waals surface area contributed by atoms with Crippen LogP contribution in [0, 0.1) is 5.82 Å². The molecule has 0 radical (unpaired) electrons. The second-order valence-electron chi connectivity index (χ2n) is 6.44. The number of benzene rings is 1. The Hall–Kier alpha value is -2.83. The molecule has 136 valence electrons. The monoisotopic (exact) mass is 357 g/mol. The molecule has 1 aromatic carbocycles. The first-order chi connectivity index (χ1) is 12.7. The summed E-state index contributed by atoms with van der Waals surface area (Å²) in [6.07, 6.45) is 2.39. The number of para-hydroxylation sites is 2. The van der Waals surface area contributed by atoms with Gasteiger partial charge in [0.15, 0.2) is 23.1 Å². The highest BCUT2D eigenvalue weighted by molar-refractivity contribution is 5.82. The molecule has 1 atom stereocenters. The van der Waals surface area contributed by atoms with E-state index in [4.69, 9.17) is 9.47 Å². The van der Waals surface area contributed by atoms with E-state index < -0.39 is 6.10 Å². The minimum atomic E-state index is -0.623. The number of amides is 1. The van der Waals surface area contributed by atoms with Crippen LogP contribution in [0.4, 0.5) is 10.2 Å². The molecule has 2 aliphatic heterocycles. The fourth-order valence-electron chi connectivity index (χ4n) is 3.27. The first-order valence-electron chi connectivity index (χ1n) is 8.75. The Morgan fingerprint density at radius 2 is 1.92 bits per heavy atom. The van der Waals surface area contributed by atoms with Crippen LogP contribution in [0.2, 0.25) is 0 Å². The van der Waals surface area contributed by atoms with Crippen molar-refractivity contribution in [1.82, 2.24) is 9.88 Å². The molecule has 7 heteroatoms. The molecule has 0 bridgehead atoms. The number of nitrogens with one attached hydrogen (secondary N) is 1. The first kappa shape index (κ1) is 16.6. The summed E-state index contributed by atoms with van der Waals surface area (Å²) in [5.41, 5.74) is 0. The molecule has 1 N–H and O–H groups in total. The second-order valence-corrected chi connectivity index (χ2v) is 6.44. The Balaban J connectivity index is 1.32. The van der Waals surface area contributed by atoms with Crippen LogP contribution in [-0.4, -0.2) is 47.6 Å². The van der Waals surface area contributed by atoms with Crippen LogP contribution < -0.4 is 14.8 Å². The predicted molar refractivity (Wildman–Crippen MR) is 93.8 cm³/mol. The standard InChI is InChI=1S/C19H20FN3O3/c20-14-4-3-9-21-18(14)22-13-7-10-23(11-8-13)19(24)17-12-25-15-5-1-2-6-16(15)26-17/h1-6,9,13,17H,7-8,10-12H2,(H,21,22). The molecule has 26 heavy (non-hydrogen) atoms. The molecular formula is C19H20FN3O3. The fraction of sp³-hybridized carbons (Fsp3) is 0.368. The second kappa shape index (κ2) is 7.19. The third kappa shape index (κ3) is 3.42. The number of pyridine rings is 1. The van der Waals surface area contributed by atoms with E-state index in [0.29, 0.717) is 24.6 Å². The minimum Gasteiger partial charge on any atom is -0.485 e. The number of halogens is 1. The Morgan fingerprint density at radius 1 is 1.15 bits per heavy atom. The van der Waals surface area contributed by atoms with Gasteiger partial charge in [-0.15, -0.1) is 0 Å². The number of nitrogens with zero attached hydrogens (tertiary/aromatic N) is 2. The molecular weight excluding hydrogens is 337 g/mol. The highest BCUT2D eigenvalue weighted by Gasteiger charge is 2.33. The normalized spacial score (nSPS) is 19.9. The Labute approximate surface area is 150 Å². The van der Waals surface area contributed by atoms with E-state index in [1.54, 1.807) is 23.2 Å². The van der Waals surface area contributed by atoms with Crippen LogP contribution in [0.25, 0.3) is 0 Å². The van der Waals surface area contributed by atoms with Crippen LogP contribution in [0.1, 0.15) is 12.8 Å². The van der Waals surface area contributed by atoms with E-state index in [1.807, 2.05) is 18.2 Å². The molecule has 1 amide bonds. The zero-order valence-corrected chi connectivity index (χ0v) is 14.2. The number of piperidine rings is 1. The van der Waals surface area contributed by atoms with E-state index in [1.165, 1.54) is 6.07 Å². The predicted octanol–water partition coefficient (Wildman–Crippen LogP) is 2.46. The summed E-state index contributed by atoms with van der Waals surface area (Å²) in [7, 11) is 0.